The third-order valence-corrected chi connectivity index (χ3v) is 3.46. The average molecular weight is 342 g/mol. The fourth-order valence-corrected chi connectivity index (χ4v) is 2.09. The van der Waals surface area contributed by atoms with Crippen molar-refractivity contribution in [1.82, 2.24) is 10.2 Å². The van der Waals surface area contributed by atoms with Gasteiger partial charge in [0.1, 0.15) is 6.26 Å². The number of nitrogens with one attached hydrogen (secondary N) is 2. The van der Waals surface area contributed by atoms with Crippen molar-refractivity contribution in [3.8, 4) is 0 Å². The van der Waals surface area contributed by atoms with Crippen LogP contribution < -0.4 is 5.32 Å². The predicted molar refractivity (Wildman–Crippen MR) is 73.7 cm³/mol. The number of nitrogens with zero attached hydrogens (tertiary/aromatic N) is 1. The molecule has 0 aliphatic rings. The van der Waals surface area contributed by atoms with E-state index in [0.29, 0.717) is 10.3 Å². The summed E-state index contributed by atoms with van der Waals surface area (Å²) in [7, 11) is 1.25. The van der Waals surface area contributed by atoms with Crippen LogP contribution in [0.25, 0.3) is 0 Å². The van der Waals surface area contributed by atoms with Crippen LogP contribution in [0, 0.1) is 0 Å². The average Bonchev–Trinajstić information content (AvgIpc) is 3.06. The first kappa shape index (κ1) is 14.3. The van der Waals surface area contributed by atoms with Gasteiger partial charge in [-0.05, 0) is 22.4 Å². The predicted octanol–water partition coefficient (Wildman–Crippen LogP) is 2.37. The van der Waals surface area contributed by atoms with Gasteiger partial charge in [-0.3, -0.25) is 9.89 Å². The van der Waals surface area contributed by atoms with E-state index in [2.05, 4.69) is 36.2 Å². The molecule has 0 bridgehead atoms. The monoisotopic (exact) mass is 341 g/mol. The number of aryl methyl sites for hydroxylation is 1. The number of methoxy groups -OCH3 is 1. The maximum absolute atomic E-state index is 12.0. The fourth-order valence-electron chi connectivity index (χ4n) is 1.53. The molecule has 2 N–H and O–H groups in total. The molecular formula is C12H12BrN3O4. The molecular weight excluding hydrogens is 330 g/mol. The van der Waals surface area contributed by atoms with Crippen LogP contribution >= 0.6 is 15.9 Å². The number of esters is 1. The Balaban J connectivity index is 2.13. The number of ether oxygens (including phenoxy) is 1. The quantitative estimate of drug-likeness (QED) is 0.832. The molecule has 0 aliphatic carbocycles. The minimum Gasteiger partial charge on any atom is -0.465 e. The van der Waals surface area contributed by atoms with Crippen LogP contribution in [0.5, 0.6) is 0 Å². The van der Waals surface area contributed by atoms with Crippen LogP contribution in [-0.2, 0) is 11.2 Å². The highest BCUT2D eigenvalue weighted by Gasteiger charge is 2.18. The molecule has 2 aromatic rings. The highest BCUT2D eigenvalue weighted by molar-refractivity contribution is 9.10. The summed E-state index contributed by atoms with van der Waals surface area (Å²) in [6.45, 7) is 1.96. The van der Waals surface area contributed by atoms with Crippen LogP contribution in [0.1, 0.15) is 33.5 Å². The second kappa shape index (κ2) is 5.91. The second-order valence-corrected chi connectivity index (χ2v) is 4.66. The SMILES string of the molecule is CCc1[nH]nc(NC(=O)c2cc(C(=O)OC)co2)c1Br. The molecule has 0 fully saturated rings. The zero-order valence-corrected chi connectivity index (χ0v) is 12.4. The first-order chi connectivity index (χ1) is 9.56. The molecule has 20 heavy (non-hydrogen) atoms. The van der Waals surface area contributed by atoms with Crippen LogP contribution in [0.3, 0.4) is 0 Å². The topological polar surface area (TPSA) is 97.2 Å². The van der Waals surface area contributed by atoms with E-state index in [0.717, 1.165) is 18.4 Å². The van der Waals surface area contributed by atoms with E-state index in [1.807, 2.05) is 6.92 Å². The number of aromatic nitrogens is 2. The standard InChI is InChI=1S/C12H12BrN3O4/c1-3-7-9(13)10(16-15-7)14-11(17)8-4-6(5-20-8)12(18)19-2/h4-5H,3H2,1-2H3,(H2,14,15,16,17). The summed E-state index contributed by atoms with van der Waals surface area (Å²) in [6.07, 6.45) is 1.91. The Kier molecular flexibility index (Phi) is 4.23. The number of anilines is 1. The number of carbonyl (C=O) groups excluding carboxylic acids is 2. The van der Waals surface area contributed by atoms with Gasteiger partial charge in [-0.2, -0.15) is 5.10 Å². The Morgan fingerprint density at radius 3 is 2.90 bits per heavy atom. The number of H-pyrrole nitrogens is 1. The van der Waals surface area contributed by atoms with Crippen molar-refractivity contribution < 1.29 is 18.7 Å². The number of furan rings is 1. The van der Waals surface area contributed by atoms with E-state index in [9.17, 15) is 9.59 Å². The van der Waals surface area contributed by atoms with E-state index in [1.165, 1.54) is 13.2 Å². The molecule has 2 aromatic heterocycles. The summed E-state index contributed by atoms with van der Waals surface area (Å²) in [4.78, 5) is 23.2. The largest absolute Gasteiger partial charge is 0.465 e. The Labute approximate surface area is 122 Å². The lowest BCUT2D eigenvalue weighted by atomic mass is 10.3. The molecule has 106 valence electrons. The summed E-state index contributed by atoms with van der Waals surface area (Å²) in [5.41, 5.74) is 1.04. The minimum absolute atomic E-state index is 0.00153. The fraction of sp³-hybridized carbons (Fsp3) is 0.250. The van der Waals surface area contributed by atoms with Crippen LogP contribution in [0.15, 0.2) is 21.2 Å². The van der Waals surface area contributed by atoms with Crippen LogP contribution in [0.4, 0.5) is 5.82 Å². The van der Waals surface area contributed by atoms with Gasteiger partial charge in [0, 0.05) is 6.07 Å². The number of halogens is 1. The number of hydrogen-bond donors (Lipinski definition) is 2. The highest BCUT2D eigenvalue weighted by atomic mass is 79.9. The first-order valence-corrected chi connectivity index (χ1v) is 6.57. The van der Waals surface area contributed by atoms with Gasteiger partial charge in [-0.1, -0.05) is 6.92 Å². The summed E-state index contributed by atoms with van der Waals surface area (Å²) in [5.74, 6) is -0.710. The van der Waals surface area contributed by atoms with Gasteiger partial charge >= 0.3 is 5.97 Å². The van der Waals surface area contributed by atoms with E-state index in [4.69, 9.17) is 4.42 Å². The van der Waals surface area contributed by atoms with Crippen molar-refractivity contribution in [2.45, 2.75) is 13.3 Å². The van der Waals surface area contributed by atoms with E-state index >= 15 is 0 Å². The Morgan fingerprint density at radius 1 is 1.55 bits per heavy atom. The first-order valence-electron chi connectivity index (χ1n) is 5.77. The number of carbonyl (C=O) groups is 2. The molecule has 2 rings (SSSR count). The van der Waals surface area contributed by atoms with E-state index in [-0.39, 0.29) is 11.3 Å². The Hall–Kier alpha value is -2.09. The Bertz CT molecular complexity index is 647. The van der Waals surface area contributed by atoms with Crippen molar-refractivity contribution in [3.05, 3.63) is 33.8 Å². The zero-order chi connectivity index (χ0) is 14.7. The van der Waals surface area contributed by atoms with Gasteiger partial charge in [0.2, 0.25) is 0 Å². The smallest absolute Gasteiger partial charge is 0.341 e. The van der Waals surface area contributed by atoms with Crippen molar-refractivity contribution in [3.63, 3.8) is 0 Å². The number of amides is 1. The summed E-state index contributed by atoms with van der Waals surface area (Å²) in [5, 5.41) is 9.35. The molecule has 0 atom stereocenters. The van der Waals surface area contributed by atoms with Gasteiger partial charge in [0.15, 0.2) is 11.6 Å². The Morgan fingerprint density at radius 2 is 2.30 bits per heavy atom. The number of aromatic amines is 1. The normalized spacial score (nSPS) is 10.3. The van der Waals surface area contributed by atoms with E-state index < -0.39 is 11.9 Å². The van der Waals surface area contributed by atoms with Gasteiger partial charge in [0.25, 0.3) is 5.91 Å². The number of hydrogen-bond acceptors (Lipinski definition) is 5. The lowest BCUT2D eigenvalue weighted by Crippen LogP contribution is -2.11. The van der Waals surface area contributed by atoms with Crippen molar-refractivity contribution in [1.29, 1.82) is 0 Å². The van der Waals surface area contributed by atoms with Gasteiger partial charge in [0.05, 0.1) is 22.8 Å². The summed E-state index contributed by atoms with van der Waals surface area (Å²) in [6, 6.07) is 1.31. The molecule has 0 saturated carbocycles. The van der Waals surface area contributed by atoms with Gasteiger partial charge in [-0.25, -0.2) is 4.79 Å². The van der Waals surface area contributed by atoms with Gasteiger partial charge < -0.3 is 14.5 Å². The van der Waals surface area contributed by atoms with Gasteiger partial charge in [-0.15, -0.1) is 0 Å². The van der Waals surface area contributed by atoms with Crippen molar-refractivity contribution >= 4 is 33.6 Å². The molecule has 0 spiro atoms. The maximum Gasteiger partial charge on any atom is 0.341 e. The molecule has 7 nitrogen and oxygen atoms in total. The molecule has 0 saturated heterocycles. The van der Waals surface area contributed by atoms with E-state index in [1.54, 1.807) is 0 Å². The third-order valence-electron chi connectivity index (χ3n) is 2.61. The van der Waals surface area contributed by atoms with Crippen LogP contribution in [-0.4, -0.2) is 29.2 Å². The number of rotatable bonds is 4. The molecule has 0 aromatic carbocycles. The molecule has 2 heterocycles. The lowest BCUT2D eigenvalue weighted by Gasteiger charge is -1.99. The molecule has 0 unspecified atom stereocenters. The third kappa shape index (κ3) is 2.74. The highest BCUT2D eigenvalue weighted by Crippen LogP contribution is 2.24. The lowest BCUT2D eigenvalue weighted by molar-refractivity contribution is 0.0600. The second-order valence-electron chi connectivity index (χ2n) is 3.86. The minimum atomic E-state index is -0.568. The molecule has 1 amide bonds. The van der Waals surface area contributed by atoms with Crippen molar-refractivity contribution in [2.24, 2.45) is 0 Å². The summed E-state index contributed by atoms with van der Waals surface area (Å²) >= 11 is 3.34. The molecule has 8 heteroatoms. The molecule has 0 aliphatic heterocycles. The zero-order valence-electron chi connectivity index (χ0n) is 10.8. The van der Waals surface area contributed by atoms with Crippen LogP contribution in [0.2, 0.25) is 0 Å². The maximum atomic E-state index is 12.0. The summed E-state index contributed by atoms with van der Waals surface area (Å²) < 4.78 is 10.2. The van der Waals surface area contributed by atoms with Crippen molar-refractivity contribution in [2.75, 3.05) is 12.4 Å². The molecule has 0 radical (unpaired) electrons.